The first kappa shape index (κ1) is 14.1. The molecule has 0 radical (unpaired) electrons. The lowest BCUT2D eigenvalue weighted by molar-refractivity contribution is 0.608. The first-order valence-electron chi connectivity index (χ1n) is 7.59. The first-order valence-corrected chi connectivity index (χ1v) is 8.64. The highest BCUT2D eigenvalue weighted by Crippen LogP contribution is 2.27. The van der Waals surface area contributed by atoms with Gasteiger partial charge in [0.2, 0.25) is 5.95 Å². The van der Waals surface area contributed by atoms with Crippen molar-refractivity contribution in [3.8, 4) is 0 Å². The largest absolute Gasteiger partial charge is 0.336 e. The maximum atomic E-state index is 4.75. The molecule has 0 aromatic carbocycles. The molecule has 0 amide bonds. The van der Waals surface area contributed by atoms with Crippen LogP contribution in [0.2, 0.25) is 0 Å². The van der Waals surface area contributed by atoms with Gasteiger partial charge in [0.1, 0.15) is 0 Å². The summed E-state index contributed by atoms with van der Waals surface area (Å²) in [7, 11) is 0. The first-order chi connectivity index (χ1) is 9.65. The second-order valence-corrected chi connectivity index (χ2v) is 7.43. The fraction of sp³-hybridized carbons (Fsp3) is 0.733. The van der Waals surface area contributed by atoms with Crippen LogP contribution in [0.25, 0.3) is 0 Å². The van der Waals surface area contributed by atoms with Crippen LogP contribution in [0.4, 0.5) is 5.95 Å². The van der Waals surface area contributed by atoms with Gasteiger partial charge in [0.05, 0.1) is 0 Å². The number of hydrogen-bond acceptors (Lipinski definition) is 5. The average molecular weight is 292 g/mol. The molecule has 1 aliphatic carbocycles. The lowest BCUT2D eigenvalue weighted by atomic mass is 10.2. The van der Waals surface area contributed by atoms with Crippen LogP contribution in [0.3, 0.4) is 0 Å². The smallest absolute Gasteiger partial charge is 0.225 e. The minimum absolute atomic E-state index is 0.503. The molecule has 4 nitrogen and oxygen atoms in total. The van der Waals surface area contributed by atoms with Gasteiger partial charge in [-0.3, -0.25) is 0 Å². The van der Waals surface area contributed by atoms with E-state index < -0.39 is 0 Å². The predicted octanol–water partition coefficient (Wildman–Crippen LogP) is 2.37. The van der Waals surface area contributed by atoms with E-state index in [4.69, 9.17) is 4.98 Å². The zero-order valence-electron chi connectivity index (χ0n) is 12.6. The molecular formula is C15H24N4S. The molecule has 0 spiro atoms. The molecule has 2 aliphatic rings. The molecule has 1 aliphatic heterocycles. The van der Waals surface area contributed by atoms with Gasteiger partial charge in [-0.25, -0.2) is 9.97 Å². The van der Waals surface area contributed by atoms with Gasteiger partial charge in [0.15, 0.2) is 0 Å². The van der Waals surface area contributed by atoms with Gasteiger partial charge in [-0.2, -0.15) is 11.8 Å². The average Bonchev–Trinajstić information content (AvgIpc) is 3.25. The molecule has 2 fully saturated rings. The number of nitrogens with one attached hydrogen (secondary N) is 1. The topological polar surface area (TPSA) is 41.1 Å². The number of hydrogen-bond donors (Lipinski definition) is 1. The minimum Gasteiger partial charge on any atom is -0.336 e. The molecule has 2 atom stereocenters. The quantitative estimate of drug-likeness (QED) is 0.922. The van der Waals surface area contributed by atoms with Crippen molar-refractivity contribution in [2.24, 2.45) is 0 Å². The van der Waals surface area contributed by atoms with Gasteiger partial charge in [0, 0.05) is 53.6 Å². The molecule has 2 heterocycles. The van der Waals surface area contributed by atoms with Crippen LogP contribution >= 0.6 is 11.8 Å². The number of rotatable bonds is 4. The summed E-state index contributed by atoms with van der Waals surface area (Å²) in [5.74, 6) is 2.07. The summed E-state index contributed by atoms with van der Waals surface area (Å²) in [5, 5.41) is 4.17. The van der Waals surface area contributed by atoms with Crippen molar-refractivity contribution in [3.05, 3.63) is 17.5 Å². The van der Waals surface area contributed by atoms with E-state index in [1.165, 1.54) is 24.2 Å². The van der Waals surface area contributed by atoms with Crippen molar-refractivity contribution >= 4 is 17.7 Å². The molecule has 3 rings (SSSR count). The monoisotopic (exact) mass is 292 g/mol. The van der Waals surface area contributed by atoms with E-state index in [1.54, 1.807) is 0 Å². The Hall–Kier alpha value is -0.810. The van der Waals surface area contributed by atoms with Gasteiger partial charge in [0.25, 0.3) is 0 Å². The summed E-state index contributed by atoms with van der Waals surface area (Å²) < 4.78 is 0. The summed E-state index contributed by atoms with van der Waals surface area (Å²) in [6, 6.07) is 1.23. The molecule has 1 N–H and O–H groups in total. The van der Waals surface area contributed by atoms with E-state index >= 15 is 0 Å². The van der Waals surface area contributed by atoms with E-state index in [9.17, 15) is 0 Å². The minimum atomic E-state index is 0.503. The molecular weight excluding hydrogens is 268 g/mol. The van der Waals surface area contributed by atoms with Crippen molar-refractivity contribution in [2.75, 3.05) is 17.2 Å². The van der Waals surface area contributed by atoms with Crippen LogP contribution in [0.1, 0.15) is 37.9 Å². The third kappa shape index (κ3) is 3.09. The highest BCUT2D eigenvalue weighted by Gasteiger charge is 2.27. The molecule has 1 aromatic heterocycles. The number of aryl methyl sites for hydroxylation is 1. The van der Waals surface area contributed by atoms with Gasteiger partial charge < -0.3 is 10.2 Å². The Bertz CT molecular complexity index is 475. The molecule has 1 aromatic rings. The highest BCUT2D eigenvalue weighted by atomic mass is 32.2. The second kappa shape index (κ2) is 5.90. The molecule has 2 unspecified atom stereocenters. The van der Waals surface area contributed by atoms with Crippen molar-refractivity contribution in [3.63, 3.8) is 0 Å². The SMILES string of the molecule is Cc1nc(N2CCSC(C)C2C)ncc1CNC1CC1. The van der Waals surface area contributed by atoms with Gasteiger partial charge in [-0.15, -0.1) is 0 Å². The van der Waals surface area contributed by atoms with Gasteiger partial charge in [-0.05, 0) is 26.7 Å². The van der Waals surface area contributed by atoms with Crippen molar-refractivity contribution in [1.29, 1.82) is 0 Å². The standard InChI is InChI=1S/C15H24N4S/c1-10-13(8-16-14-4-5-14)9-17-15(18-10)19-6-7-20-12(3)11(19)2/h9,11-12,14,16H,4-8H2,1-3H3. The number of aromatic nitrogens is 2. The van der Waals surface area contributed by atoms with Crippen molar-refractivity contribution in [2.45, 2.75) is 57.5 Å². The van der Waals surface area contributed by atoms with Gasteiger partial charge >= 0.3 is 0 Å². The Morgan fingerprint density at radius 3 is 2.90 bits per heavy atom. The van der Waals surface area contributed by atoms with Crippen LogP contribution in [0, 0.1) is 6.92 Å². The maximum absolute atomic E-state index is 4.75. The zero-order valence-corrected chi connectivity index (χ0v) is 13.4. The molecule has 110 valence electrons. The third-order valence-electron chi connectivity index (χ3n) is 4.37. The van der Waals surface area contributed by atoms with Crippen LogP contribution < -0.4 is 10.2 Å². The Balaban J connectivity index is 1.71. The van der Waals surface area contributed by atoms with E-state index in [2.05, 4.69) is 36.0 Å². The number of nitrogens with zero attached hydrogens (tertiary/aromatic N) is 3. The second-order valence-electron chi connectivity index (χ2n) is 5.95. The van der Waals surface area contributed by atoms with Crippen LogP contribution in [-0.2, 0) is 6.54 Å². The third-order valence-corrected chi connectivity index (χ3v) is 5.71. The van der Waals surface area contributed by atoms with Crippen molar-refractivity contribution < 1.29 is 0 Å². The van der Waals surface area contributed by atoms with E-state index in [0.717, 1.165) is 30.8 Å². The number of anilines is 1. The Kier molecular flexibility index (Phi) is 4.17. The molecule has 0 bridgehead atoms. The summed E-state index contributed by atoms with van der Waals surface area (Å²) >= 11 is 2.04. The van der Waals surface area contributed by atoms with E-state index in [1.807, 2.05) is 18.0 Å². The summed E-state index contributed by atoms with van der Waals surface area (Å²) in [6.07, 6.45) is 4.64. The molecule has 20 heavy (non-hydrogen) atoms. The van der Waals surface area contributed by atoms with E-state index in [-0.39, 0.29) is 0 Å². The van der Waals surface area contributed by atoms with Gasteiger partial charge in [-0.1, -0.05) is 6.92 Å². The number of thioether (sulfide) groups is 1. The highest BCUT2D eigenvalue weighted by molar-refractivity contribution is 8.00. The summed E-state index contributed by atoms with van der Waals surface area (Å²) in [4.78, 5) is 11.7. The van der Waals surface area contributed by atoms with Crippen LogP contribution in [0.15, 0.2) is 6.20 Å². The molecule has 5 heteroatoms. The normalized spacial score (nSPS) is 26.9. The molecule has 1 saturated carbocycles. The lowest BCUT2D eigenvalue weighted by Gasteiger charge is -2.37. The molecule has 1 saturated heterocycles. The zero-order chi connectivity index (χ0) is 14.1. The fourth-order valence-electron chi connectivity index (χ4n) is 2.55. The van der Waals surface area contributed by atoms with Crippen LogP contribution in [0.5, 0.6) is 0 Å². The Morgan fingerprint density at radius 1 is 1.40 bits per heavy atom. The summed E-state index contributed by atoms with van der Waals surface area (Å²) in [5.41, 5.74) is 2.34. The lowest BCUT2D eigenvalue weighted by Crippen LogP contribution is -2.45. The fourth-order valence-corrected chi connectivity index (χ4v) is 3.65. The van der Waals surface area contributed by atoms with Crippen LogP contribution in [-0.4, -0.2) is 39.6 Å². The Morgan fingerprint density at radius 2 is 2.20 bits per heavy atom. The maximum Gasteiger partial charge on any atom is 0.225 e. The summed E-state index contributed by atoms with van der Waals surface area (Å²) in [6.45, 7) is 8.62. The van der Waals surface area contributed by atoms with Crippen molar-refractivity contribution in [1.82, 2.24) is 15.3 Å². The Labute approximate surface area is 125 Å². The predicted molar refractivity (Wildman–Crippen MR) is 85.4 cm³/mol. The van der Waals surface area contributed by atoms with E-state index in [0.29, 0.717) is 11.3 Å².